The number of carbonyl (C=O) groups is 1. The molecule has 2 aromatic carbocycles. The van der Waals surface area contributed by atoms with E-state index >= 15 is 0 Å². The van der Waals surface area contributed by atoms with Crippen molar-refractivity contribution in [2.24, 2.45) is 5.10 Å². The van der Waals surface area contributed by atoms with Crippen LogP contribution in [0.4, 0.5) is 0 Å². The van der Waals surface area contributed by atoms with Crippen LogP contribution in [0.15, 0.2) is 47.6 Å². The first kappa shape index (κ1) is 19.1. The summed E-state index contributed by atoms with van der Waals surface area (Å²) in [6.45, 7) is 0.627. The van der Waals surface area contributed by atoms with E-state index in [2.05, 4.69) is 39.4 Å². The Morgan fingerprint density at radius 3 is 2.90 bits per heavy atom. The Labute approximate surface area is 169 Å². The first-order valence-corrected chi connectivity index (χ1v) is 9.96. The summed E-state index contributed by atoms with van der Waals surface area (Å²) in [4.78, 5) is 12.3. The van der Waals surface area contributed by atoms with Gasteiger partial charge in [0.25, 0.3) is 0 Å². The van der Waals surface area contributed by atoms with Crippen LogP contribution >= 0.6 is 0 Å². The number of benzene rings is 2. The molecular formula is C23H25N3O3. The molecule has 6 heteroatoms. The van der Waals surface area contributed by atoms with Crippen molar-refractivity contribution in [2.75, 3.05) is 7.11 Å². The van der Waals surface area contributed by atoms with Crippen molar-refractivity contribution in [2.45, 2.75) is 38.6 Å². The fraction of sp³-hybridized carbons (Fsp3) is 0.304. The number of amides is 1. The van der Waals surface area contributed by atoms with Crippen molar-refractivity contribution in [3.63, 3.8) is 0 Å². The average Bonchev–Trinajstić information content (AvgIpc) is 3.07. The predicted octanol–water partition coefficient (Wildman–Crippen LogP) is 3.77. The van der Waals surface area contributed by atoms with Crippen molar-refractivity contribution in [3.8, 4) is 11.5 Å². The Kier molecular flexibility index (Phi) is 5.51. The van der Waals surface area contributed by atoms with E-state index in [9.17, 15) is 9.90 Å². The summed E-state index contributed by atoms with van der Waals surface area (Å²) in [6.07, 6.45) is 6.37. The minimum Gasteiger partial charge on any atom is -0.504 e. The minimum atomic E-state index is -0.161. The number of carbonyl (C=O) groups excluding carboxylic acids is 1. The molecule has 0 atom stereocenters. The Bertz CT molecular complexity index is 1070. The van der Waals surface area contributed by atoms with Crippen molar-refractivity contribution in [3.05, 3.63) is 59.3 Å². The highest BCUT2D eigenvalue weighted by Crippen LogP contribution is 2.32. The number of aromatic hydroxyl groups is 1. The fourth-order valence-electron chi connectivity index (χ4n) is 4.09. The molecule has 4 rings (SSSR count). The number of methoxy groups -OCH3 is 1. The van der Waals surface area contributed by atoms with Crippen molar-refractivity contribution in [1.82, 2.24) is 9.99 Å². The number of hydrogen-bond donors (Lipinski definition) is 2. The summed E-state index contributed by atoms with van der Waals surface area (Å²) in [5.41, 5.74) is 7.05. The normalized spacial score (nSPS) is 13.6. The van der Waals surface area contributed by atoms with E-state index in [0.29, 0.717) is 24.3 Å². The molecule has 150 valence electrons. The van der Waals surface area contributed by atoms with Gasteiger partial charge in [-0.1, -0.05) is 24.3 Å². The molecule has 1 amide bonds. The Balaban J connectivity index is 1.43. The number of hydrazone groups is 1. The zero-order valence-corrected chi connectivity index (χ0v) is 16.5. The first-order chi connectivity index (χ1) is 14.2. The van der Waals surface area contributed by atoms with E-state index < -0.39 is 0 Å². The summed E-state index contributed by atoms with van der Waals surface area (Å²) in [5.74, 6) is 0.203. The molecule has 0 fully saturated rings. The van der Waals surface area contributed by atoms with Crippen LogP contribution in [0, 0.1) is 0 Å². The lowest BCUT2D eigenvalue weighted by molar-refractivity contribution is -0.121. The largest absolute Gasteiger partial charge is 0.504 e. The molecule has 3 aromatic rings. The molecule has 0 saturated heterocycles. The van der Waals surface area contributed by atoms with Gasteiger partial charge in [0, 0.05) is 35.1 Å². The van der Waals surface area contributed by atoms with Crippen molar-refractivity contribution >= 4 is 23.0 Å². The number of para-hydroxylation sites is 2. The third kappa shape index (κ3) is 3.83. The molecule has 6 nitrogen and oxygen atoms in total. The van der Waals surface area contributed by atoms with E-state index in [4.69, 9.17) is 4.74 Å². The van der Waals surface area contributed by atoms with Crippen LogP contribution in [0.3, 0.4) is 0 Å². The standard InChI is InChI=1S/C23H25N3O3/c1-29-21-12-6-7-16(23(21)28)15-24-25-22(27)13-14-26-19-10-4-2-8-17(19)18-9-3-5-11-20(18)26/h2,4,6-8,10,12,15,28H,3,5,9,11,13-14H2,1H3,(H,25,27)/b24-15+. The lowest BCUT2D eigenvalue weighted by Crippen LogP contribution is -2.20. The zero-order chi connectivity index (χ0) is 20.2. The highest BCUT2D eigenvalue weighted by Gasteiger charge is 2.19. The second-order valence-electron chi connectivity index (χ2n) is 7.24. The molecule has 1 aromatic heterocycles. The van der Waals surface area contributed by atoms with Crippen LogP contribution in [-0.2, 0) is 24.2 Å². The summed E-state index contributed by atoms with van der Waals surface area (Å²) in [5, 5.41) is 15.4. The van der Waals surface area contributed by atoms with Gasteiger partial charge in [-0.3, -0.25) is 4.79 Å². The number of phenols is 1. The number of nitrogens with zero attached hydrogens (tertiary/aromatic N) is 2. The minimum absolute atomic E-state index is 0.00145. The molecule has 1 aliphatic carbocycles. The van der Waals surface area contributed by atoms with Gasteiger partial charge >= 0.3 is 0 Å². The number of aromatic nitrogens is 1. The van der Waals surface area contributed by atoms with Crippen LogP contribution in [0.2, 0.25) is 0 Å². The van der Waals surface area contributed by atoms with Gasteiger partial charge in [0.15, 0.2) is 11.5 Å². The summed E-state index contributed by atoms with van der Waals surface area (Å²) >= 11 is 0. The topological polar surface area (TPSA) is 75.8 Å². The summed E-state index contributed by atoms with van der Waals surface area (Å²) in [6, 6.07) is 13.6. The van der Waals surface area contributed by atoms with Gasteiger partial charge in [-0.25, -0.2) is 5.43 Å². The van der Waals surface area contributed by atoms with E-state index in [0.717, 1.165) is 12.8 Å². The lowest BCUT2D eigenvalue weighted by Gasteiger charge is -2.15. The number of fused-ring (bicyclic) bond motifs is 3. The highest BCUT2D eigenvalue weighted by molar-refractivity contribution is 5.87. The van der Waals surface area contributed by atoms with E-state index in [1.54, 1.807) is 18.2 Å². The van der Waals surface area contributed by atoms with Crippen LogP contribution < -0.4 is 10.2 Å². The van der Waals surface area contributed by atoms with Gasteiger partial charge < -0.3 is 14.4 Å². The van der Waals surface area contributed by atoms with Gasteiger partial charge in [-0.05, 0) is 49.4 Å². The third-order valence-electron chi connectivity index (χ3n) is 5.49. The first-order valence-electron chi connectivity index (χ1n) is 9.96. The maximum absolute atomic E-state index is 12.3. The quantitative estimate of drug-likeness (QED) is 0.496. The van der Waals surface area contributed by atoms with Gasteiger partial charge in [0.1, 0.15) is 0 Å². The van der Waals surface area contributed by atoms with Crippen molar-refractivity contribution in [1.29, 1.82) is 0 Å². The molecule has 2 N–H and O–H groups in total. The molecule has 0 spiro atoms. The van der Waals surface area contributed by atoms with Crippen LogP contribution in [0.5, 0.6) is 11.5 Å². The molecule has 29 heavy (non-hydrogen) atoms. The SMILES string of the molecule is COc1cccc(/C=N/NC(=O)CCn2c3c(c4ccccc42)CCCC3)c1O. The molecule has 0 bridgehead atoms. The van der Waals surface area contributed by atoms with E-state index in [-0.39, 0.29) is 11.7 Å². The van der Waals surface area contributed by atoms with Crippen molar-refractivity contribution < 1.29 is 14.6 Å². The van der Waals surface area contributed by atoms with E-state index in [1.807, 2.05) is 0 Å². The number of phenolic OH excluding ortho intramolecular Hbond substituents is 1. The number of rotatable bonds is 6. The predicted molar refractivity (Wildman–Crippen MR) is 114 cm³/mol. The Hall–Kier alpha value is -3.28. The molecular weight excluding hydrogens is 366 g/mol. The van der Waals surface area contributed by atoms with Gasteiger partial charge in [-0.15, -0.1) is 0 Å². The van der Waals surface area contributed by atoms with E-state index in [1.165, 1.54) is 48.3 Å². The maximum atomic E-state index is 12.3. The number of aryl methyl sites for hydroxylation is 2. The number of hydrogen-bond acceptors (Lipinski definition) is 4. The molecule has 0 radical (unpaired) electrons. The lowest BCUT2D eigenvalue weighted by atomic mass is 9.95. The molecule has 1 heterocycles. The van der Waals surface area contributed by atoms with Gasteiger partial charge in [-0.2, -0.15) is 5.10 Å². The summed E-state index contributed by atoms with van der Waals surface area (Å²) in [7, 11) is 1.49. The Morgan fingerprint density at radius 2 is 2.03 bits per heavy atom. The second kappa shape index (κ2) is 8.39. The Morgan fingerprint density at radius 1 is 1.21 bits per heavy atom. The monoisotopic (exact) mass is 391 g/mol. The highest BCUT2D eigenvalue weighted by atomic mass is 16.5. The van der Waals surface area contributed by atoms with Gasteiger partial charge in [0.2, 0.25) is 5.91 Å². The second-order valence-corrected chi connectivity index (χ2v) is 7.24. The summed E-state index contributed by atoms with van der Waals surface area (Å²) < 4.78 is 7.36. The average molecular weight is 391 g/mol. The smallest absolute Gasteiger partial charge is 0.241 e. The van der Waals surface area contributed by atoms with Gasteiger partial charge in [0.05, 0.1) is 13.3 Å². The zero-order valence-electron chi connectivity index (χ0n) is 16.5. The molecule has 0 aliphatic heterocycles. The fourth-order valence-corrected chi connectivity index (χ4v) is 4.09. The number of ether oxygens (including phenoxy) is 1. The maximum Gasteiger partial charge on any atom is 0.241 e. The number of nitrogens with one attached hydrogen (secondary N) is 1. The molecule has 0 unspecified atom stereocenters. The molecule has 1 aliphatic rings. The van der Waals surface area contributed by atoms with Crippen LogP contribution in [-0.4, -0.2) is 28.9 Å². The van der Waals surface area contributed by atoms with Crippen LogP contribution in [0.1, 0.15) is 36.1 Å². The third-order valence-corrected chi connectivity index (χ3v) is 5.49. The van der Waals surface area contributed by atoms with Crippen LogP contribution in [0.25, 0.3) is 10.9 Å². The molecule has 0 saturated carbocycles.